The lowest BCUT2D eigenvalue weighted by Crippen LogP contribution is -2.46. The van der Waals surface area contributed by atoms with Crippen LogP contribution in [0.2, 0.25) is 0 Å². The van der Waals surface area contributed by atoms with E-state index in [9.17, 15) is 9.18 Å². The second-order valence-corrected chi connectivity index (χ2v) is 9.86. The summed E-state index contributed by atoms with van der Waals surface area (Å²) >= 11 is 0. The van der Waals surface area contributed by atoms with Crippen molar-refractivity contribution in [2.75, 3.05) is 45.2 Å². The molecule has 6 rings (SSSR count). The van der Waals surface area contributed by atoms with Gasteiger partial charge in [-0.1, -0.05) is 11.6 Å². The summed E-state index contributed by atoms with van der Waals surface area (Å²) in [5, 5.41) is 5.18. The maximum Gasteiger partial charge on any atom is 0.249 e. The van der Waals surface area contributed by atoms with Crippen molar-refractivity contribution in [2.24, 2.45) is 5.92 Å². The molecule has 3 aromatic heterocycles. The monoisotopic (exact) mass is 490 g/mol. The Hall–Kier alpha value is -3.72. The van der Waals surface area contributed by atoms with Crippen LogP contribution in [-0.2, 0) is 0 Å². The van der Waals surface area contributed by atoms with Crippen LogP contribution in [0.25, 0.3) is 27.7 Å². The molecule has 0 unspecified atom stereocenters. The summed E-state index contributed by atoms with van der Waals surface area (Å²) in [6, 6.07) is 4.36. The molecule has 2 fully saturated rings. The standard InChI is InChI=1S/C27H29FN6O2.H2/c1-32-6-3-4-17(5-7-32)8-18-14-33(15-18)19-12-29-27-22(13-30-34(27)16-19)20-10-26(35)31-24-11-23(28)25(36-2)9-21(20)24;/h8-13,16,18H,3-7,14-15H2,1-2H3,(H,31,35);1H/b17-8-;. The highest BCUT2D eigenvalue weighted by molar-refractivity contribution is 5.98. The molecule has 8 nitrogen and oxygen atoms in total. The van der Waals surface area contributed by atoms with Gasteiger partial charge in [0.05, 0.1) is 36.9 Å². The lowest BCUT2D eigenvalue weighted by Gasteiger charge is -2.39. The van der Waals surface area contributed by atoms with Gasteiger partial charge in [0, 0.05) is 55.6 Å². The number of likely N-dealkylation sites (tertiary alicyclic amines) is 1. The van der Waals surface area contributed by atoms with Gasteiger partial charge >= 0.3 is 0 Å². The lowest BCUT2D eigenvalue weighted by molar-refractivity contribution is 0.351. The number of aromatic nitrogens is 4. The molecule has 2 aliphatic heterocycles. The minimum absolute atomic E-state index is 0. The maximum absolute atomic E-state index is 14.2. The van der Waals surface area contributed by atoms with Crippen molar-refractivity contribution in [1.29, 1.82) is 0 Å². The van der Waals surface area contributed by atoms with E-state index in [0.717, 1.165) is 25.3 Å². The van der Waals surface area contributed by atoms with E-state index in [-0.39, 0.29) is 12.7 Å². The number of aromatic amines is 1. The molecular formula is C27H31FN6O2. The van der Waals surface area contributed by atoms with Crippen LogP contribution in [0.4, 0.5) is 10.1 Å². The number of halogens is 1. The minimum atomic E-state index is -0.532. The van der Waals surface area contributed by atoms with Gasteiger partial charge in [-0.25, -0.2) is 13.9 Å². The van der Waals surface area contributed by atoms with Crippen molar-refractivity contribution in [3.8, 4) is 16.9 Å². The van der Waals surface area contributed by atoms with E-state index in [2.05, 4.69) is 33.0 Å². The molecule has 0 spiro atoms. The Kier molecular flexibility index (Phi) is 5.72. The van der Waals surface area contributed by atoms with Gasteiger partial charge in [-0.15, -0.1) is 0 Å². The molecule has 5 heterocycles. The van der Waals surface area contributed by atoms with Crippen LogP contribution in [-0.4, -0.2) is 64.8 Å². The first-order chi connectivity index (χ1) is 17.5. The molecular weight excluding hydrogens is 459 g/mol. The van der Waals surface area contributed by atoms with Gasteiger partial charge in [-0.2, -0.15) is 5.10 Å². The van der Waals surface area contributed by atoms with Gasteiger partial charge in [-0.3, -0.25) is 4.79 Å². The van der Waals surface area contributed by atoms with Gasteiger partial charge in [0.25, 0.3) is 0 Å². The van der Waals surface area contributed by atoms with E-state index >= 15 is 0 Å². The molecule has 36 heavy (non-hydrogen) atoms. The van der Waals surface area contributed by atoms with Crippen LogP contribution in [0.15, 0.2) is 53.2 Å². The Labute approximate surface area is 209 Å². The van der Waals surface area contributed by atoms with Crippen LogP contribution in [0.3, 0.4) is 0 Å². The highest BCUT2D eigenvalue weighted by Gasteiger charge is 2.27. The molecule has 2 aliphatic rings. The van der Waals surface area contributed by atoms with E-state index in [0.29, 0.717) is 33.6 Å². The van der Waals surface area contributed by atoms with Gasteiger partial charge in [0.1, 0.15) is 0 Å². The first-order valence-electron chi connectivity index (χ1n) is 12.4. The van der Waals surface area contributed by atoms with Crippen LogP contribution in [0.5, 0.6) is 5.75 Å². The van der Waals surface area contributed by atoms with Crippen molar-refractivity contribution in [3.05, 3.63) is 64.6 Å². The van der Waals surface area contributed by atoms with Crippen molar-refractivity contribution >= 4 is 22.2 Å². The molecule has 9 heteroatoms. The third-order valence-corrected chi connectivity index (χ3v) is 7.35. The maximum atomic E-state index is 14.2. The molecule has 188 valence electrons. The predicted octanol–water partition coefficient (Wildman–Crippen LogP) is 4.11. The first kappa shape index (κ1) is 22.7. The summed E-state index contributed by atoms with van der Waals surface area (Å²) in [6.07, 6.45) is 11.6. The quantitative estimate of drug-likeness (QED) is 0.434. The lowest BCUT2D eigenvalue weighted by atomic mass is 9.94. The fourth-order valence-electron chi connectivity index (χ4n) is 5.33. The average molecular weight is 491 g/mol. The number of benzene rings is 1. The fourth-order valence-corrected chi connectivity index (χ4v) is 5.33. The summed E-state index contributed by atoms with van der Waals surface area (Å²) in [5.41, 5.74) is 4.66. The Morgan fingerprint density at radius 1 is 1.17 bits per heavy atom. The number of pyridine rings is 1. The fraction of sp³-hybridized carbons (Fsp3) is 0.370. The van der Waals surface area contributed by atoms with E-state index in [1.54, 1.807) is 22.4 Å². The van der Waals surface area contributed by atoms with Crippen LogP contribution < -0.4 is 15.2 Å². The smallest absolute Gasteiger partial charge is 0.249 e. The molecule has 1 N–H and O–H groups in total. The molecule has 0 atom stereocenters. The SMILES string of the molecule is COc1cc2c(-c3cnn4cc(N5CC(/C=C6/CCCN(C)CC6)C5)cnc34)cc(=O)[nH]c2cc1F.[HH]. The van der Waals surface area contributed by atoms with E-state index in [1.165, 1.54) is 45.0 Å². The van der Waals surface area contributed by atoms with Gasteiger partial charge < -0.3 is 19.5 Å². The summed E-state index contributed by atoms with van der Waals surface area (Å²) < 4.78 is 21.1. The molecule has 0 bridgehead atoms. The van der Waals surface area contributed by atoms with Crippen LogP contribution in [0, 0.1) is 11.7 Å². The number of ether oxygens (including phenoxy) is 1. The molecule has 2 saturated heterocycles. The van der Waals surface area contributed by atoms with Gasteiger partial charge in [-0.05, 0) is 38.9 Å². The molecule has 0 amide bonds. The van der Waals surface area contributed by atoms with Crippen molar-refractivity contribution < 1.29 is 10.6 Å². The Morgan fingerprint density at radius 2 is 2.03 bits per heavy atom. The predicted molar refractivity (Wildman–Crippen MR) is 140 cm³/mol. The second kappa shape index (κ2) is 9.05. The molecule has 4 aromatic rings. The van der Waals surface area contributed by atoms with E-state index < -0.39 is 5.82 Å². The summed E-state index contributed by atoms with van der Waals surface area (Å²) in [4.78, 5) is 24.5. The highest BCUT2D eigenvalue weighted by atomic mass is 19.1. The Bertz CT molecular complexity index is 1540. The normalized spacial score (nSPS) is 18.6. The zero-order valence-corrected chi connectivity index (χ0v) is 20.5. The highest BCUT2D eigenvalue weighted by Crippen LogP contribution is 2.34. The van der Waals surface area contributed by atoms with E-state index in [4.69, 9.17) is 9.72 Å². The van der Waals surface area contributed by atoms with Crippen LogP contribution >= 0.6 is 0 Å². The molecule has 1 aromatic carbocycles. The zero-order valence-electron chi connectivity index (χ0n) is 20.5. The topological polar surface area (TPSA) is 78.8 Å². The van der Waals surface area contributed by atoms with Crippen molar-refractivity contribution in [3.63, 3.8) is 0 Å². The zero-order chi connectivity index (χ0) is 24.8. The third-order valence-electron chi connectivity index (χ3n) is 7.35. The average Bonchev–Trinajstić information content (AvgIpc) is 3.14. The number of anilines is 1. The number of H-pyrrole nitrogens is 1. The molecule has 0 saturated carbocycles. The van der Waals surface area contributed by atoms with Gasteiger partial charge in [0.15, 0.2) is 17.2 Å². The largest absolute Gasteiger partial charge is 0.494 e. The van der Waals surface area contributed by atoms with E-state index in [1.807, 2.05) is 12.4 Å². The number of fused-ring (bicyclic) bond motifs is 2. The third kappa shape index (κ3) is 4.13. The number of nitrogens with zero attached hydrogens (tertiary/aromatic N) is 5. The number of hydrogen-bond acceptors (Lipinski definition) is 6. The molecule has 0 radical (unpaired) electrons. The minimum Gasteiger partial charge on any atom is -0.494 e. The van der Waals surface area contributed by atoms with Crippen molar-refractivity contribution in [2.45, 2.75) is 19.3 Å². The Balaban J connectivity index is 0.00000280. The number of methoxy groups -OCH3 is 1. The summed E-state index contributed by atoms with van der Waals surface area (Å²) in [5.74, 6) is 0.154. The summed E-state index contributed by atoms with van der Waals surface area (Å²) in [7, 11) is 3.62. The number of hydrogen-bond donors (Lipinski definition) is 1. The number of rotatable bonds is 4. The second-order valence-electron chi connectivity index (χ2n) is 9.86. The van der Waals surface area contributed by atoms with Crippen molar-refractivity contribution in [1.82, 2.24) is 24.5 Å². The van der Waals surface area contributed by atoms with Gasteiger partial charge in [0.2, 0.25) is 5.56 Å². The Morgan fingerprint density at radius 3 is 2.86 bits per heavy atom. The first-order valence-corrected chi connectivity index (χ1v) is 12.4. The summed E-state index contributed by atoms with van der Waals surface area (Å²) in [6.45, 7) is 4.29. The molecule has 0 aliphatic carbocycles. The number of nitrogens with one attached hydrogen (secondary N) is 1. The van der Waals surface area contributed by atoms with Crippen LogP contribution in [0.1, 0.15) is 20.7 Å².